The number of carbonyl (C=O) groups is 2. The Morgan fingerprint density at radius 2 is 2.22 bits per heavy atom. The van der Waals surface area contributed by atoms with Gasteiger partial charge >= 0.3 is 0 Å². The summed E-state index contributed by atoms with van der Waals surface area (Å²) in [4.78, 5) is 26.3. The summed E-state index contributed by atoms with van der Waals surface area (Å²) in [6.07, 6.45) is 6.60. The molecule has 2 aliphatic rings. The number of rotatable bonds is 6. The van der Waals surface area contributed by atoms with Gasteiger partial charge in [-0.3, -0.25) is 9.59 Å². The second-order valence-corrected chi connectivity index (χ2v) is 7.31. The van der Waals surface area contributed by atoms with E-state index in [2.05, 4.69) is 15.5 Å². The van der Waals surface area contributed by atoms with Crippen molar-refractivity contribution in [1.82, 2.24) is 25.0 Å². The number of nitrogens with one attached hydrogen (secondary N) is 1. The Balaban J connectivity index is 1.40. The van der Waals surface area contributed by atoms with Gasteiger partial charge < -0.3 is 14.8 Å². The van der Waals surface area contributed by atoms with Gasteiger partial charge in [0.05, 0.1) is 5.92 Å². The van der Waals surface area contributed by atoms with E-state index in [1.807, 2.05) is 16.5 Å². The topological polar surface area (TPSA) is 80.1 Å². The molecule has 0 bridgehead atoms. The number of carbonyl (C=O) groups excluding carboxylic acids is 2. The molecule has 1 aromatic rings. The second kappa shape index (κ2) is 7.33. The Kier molecular flexibility index (Phi) is 5.20. The maximum Gasteiger partial charge on any atom is 0.225 e. The smallest absolute Gasteiger partial charge is 0.225 e. The summed E-state index contributed by atoms with van der Waals surface area (Å²) in [6.45, 7) is 1.16. The fourth-order valence-electron chi connectivity index (χ4n) is 3.34. The zero-order valence-corrected chi connectivity index (χ0v) is 14.2. The van der Waals surface area contributed by atoms with E-state index in [-0.39, 0.29) is 17.7 Å². The first-order valence-electron chi connectivity index (χ1n) is 8.19. The van der Waals surface area contributed by atoms with Gasteiger partial charge in [0.25, 0.3) is 0 Å². The molecular weight excluding hydrogens is 314 g/mol. The van der Waals surface area contributed by atoms with Crippen LogP contribution in [-0.2, 0) is 16.6 Å². The number of thioether (sulfide) groups is 1. The largest absolute Gasteiger partial charge is 0.355 e. The lowest BCUT2D eigenvalue weighted by molar-refractivity contribution is -0.130. The molecule has 0 unspecified atom stereocenters. The minimum Gasteiger partial charge on any atom is -0.355 e. The van der Waals surface area contributed by atoms with Gasteiger partial charge in [-0.25, -0.2) is 0 Å². The van der Waals surface area contributed by atoms with Crippen molar-refractivity contribution < 1.29 is 9.59 Å². The van der Waals surface area contributed by atoms with Gasteiger partial charge in [-0.15, -0.1) is 10.2 Å². The Hall–Kier alpha value is -1.57. The summed E-state index contributed by atoms with van der Waals surface area (Å²) in [5.41, 5.74) is 0. The van der Waals surface area contributed by atoms with Gasteiger partial charge in [0, 0.05) is 38.4 Å². The molecule has 1 atom stereocenters. The summed E-state index contributed by atoms with van der Waals surface area (Å²) < 4.78 is 1.85. The zero-order valence-electron chi connectivity index (χ0n) is 13.4. The van der Waals surface area contributed by atoms with Crippen LogP contribution >= 0.6 is 11.8 Å². The summed E-state index contributed by atoms with van der Waals surface area (Å²) in [5.74, 6) is 0.691. The monoisotopic (exact) mass is 337 g/mol. The molecule has 1 saturated carbocycles. The minimum absolute atomic E-state index is 0.00240. The van der Waals surface area contributed by atoms with Crippen LogP contribution in [0.2, 0.25) is 0 Å². The Morgan fingerprint density at radius 3 is 2.91 bits per heavy atom. The first kappa shape index (κ1) is 16.3. The summed E-state index contributed by atoms with van der Waals surface area (Å²) >= 11 is 1.56. The summed E-state index contributed by atoms with van der Waals surface area (Å²) in [7, 11) is 1.89. The average molecular weight is 337 g/mol. The SMILES string of the molecule is Cn1cnnc1SCCNC(=O)[C@H]1CC(=O)N(C2CCCC2)C1. The molecule has 2 amide bonds. The van der Waals surface area contributed by atoms with Crippen molar-refractivity contribution in [3.8, 4) is 0 Å². The molecule has 0 aromatic carbocycles. The fraction of sp³-hybridized carbons (Fsp3) is 0.733. The molecule has 1 N–H and O–H groups in total. The van der Waals surface area contributed by atoms with Crippen molar-refractivity contribution in [2.45, 2.75) is 43.3 Å². The number of aromatic nitrogens is 3. The van der Waals surface area contributed by atoms with E-state index in [9.17, 15) is 9.59 Å². The summed E-state index contributed by atoms with van der Waals surface area (Å²) in [6, 6.07) is 0.367. The van der Waals surface area contributed by atoms with Crippen LogP contribution in [0.1, 0.15) is 32.1 Å². The first-order chi connectivity index (χ1) is 11.1. The van der Waals surface area contributed by atoms with E-state index in [0.717, 1.165) is 23.8 Å². The Bertz CT molecular complexity index is 570. The number of nitrogens with zero attached hydrogens (tertiary/aromatic N) is 4. The van der Waals surface area contributed by atoms with Crippen LogP contribution < -0.4 is 5.32 Å². The van der Waals surface area contributed by atoms with Gasteiger partial charge in [-0.2, -0.15) is 0 Å². The van der Waals surface area contributed by atoms with Crippen molar-refractivity contribution in [3.63, 3.8) is 0 Å². The highest BCUT2D eigenvalue weighted by Crippen LogP contribution is 2.29. The lowest BCUT2D eigenvalue weighted by Gasteiger charge is -2.23. The molecule has 2 fully saturated rings. The lowest BCUT2D eigenvalue weighted by atomic mass is 10.1. The zero-order chi connectivity index (χ0) is 16.2. The van der Waals surface area contributed by atoms with Crippen LogP contribution in [-0.4, -0.2) is 56.4 Å². The van der Waals surface area contributed by atoms with Crippen LogP contribution in [0.4, 0.5) is 0 Å². The number of likely N-dealkylation sites (tertiary alicyclic amines) is 1. The highest BCUT2D eigenvalue weighted by molar-refractivity contribution is 7.99. The van der Waals surface area contributed by atoms with E-state index in [1.54, 1.807) is 18.1 Å². The van der Waals surface area contributed by atoms with Gasteiger partial charge in [-0.05, 0) is 12.8 Å². The third-order valence-corrected chi connectivity index (χ3v) is 5.63. The highest BCUT2D eigenvalue weighted by Gasteiger charge is 2.38. The number of aryl methyl sites for hydroxylation is 1. The molecule has 126 valence electrons. The second-order valence-electron chi connectivity index (χ2n) is 6.25. The van der Waals surface area contributed by atoms with E-state index in [1.165, 1.54) is 12.8 Å². The van der Waals surface area contributed by atoms with Gasteiger partial charge in [-0.1, -0.05) is 24.6 Å². The van der Waals surface area contributed by atoms with Crippen molar-refractivity contribution in [2.24, 2.45) is 13.0 Å². The molecular formula is C15H23N5O2S. The first-order valence-corrected chi connectivity index (χ1v) is 9.17. The average Bonchev–Trinajstić information content (AvgIpc) is 3.25. The normalized spacial score (nSPS) is 22.0. The molecule has 0 radical (unpaired) electrons. The molecule has 3 rings (SSSR count). The molecule has 1 saturated heterocycles. The standard InChI is InChI=1S/C15H23N5O2S/c1-19-10-17-18-15(19)23-7-6-16-14(22)11-8-13(21)20(9-11)12-4-2-3-5-12/h10-12H,2-9H2,1H3,(H,16,22)/t11-/m0/s1. The van der Waals surface area contributed by atoms with Gasteiger partial charge in [0.1, 0.15) is 6.33 Å². The maximum absolute atomic E-state index is 12.2. The molecule has 1 aliphatic heterocycles. The van der Waals surface area contributed by atoms with Gasteiger partial charge in [0.2, 0.25) is 11.8 Å². The molecule has 8 heteroatoms. The van der Waals surface area contributed by atoms with E-state index in [0.29, 0.717) is 25.6 Å². The van der Waals surface area contributed by atoms with E-state index < -0.39 is 0 Å². The number of amides is 2. The predicted molar refractivity (Wildman–Crippen MR) is 86.8 cm³/mol. The van der Waals surface area contributed by atoms with Gasteiger partial charge in [0.15, 0.2) is 5.16 Å². The molecule has 2 heterocycles. The Morgan fingerprint density at radius 1 is 1.43 bits per heavy atom. The van der Waals surface area contributed by atoms with Crippen LogP contribution in [0.3, 0.4) is 0 Å². The predicted octanol–water partition coefficient (Wildman–Crippen LogP) is 0.814. The van der Waals surface area contributed by atoms with E-state index >= 15 is 0 Å². The summed E-state index contributed by atoms with van der Waals surface area (Å²) in [5, 5.41) is 11.6. The fourth-order valence-corrected chi connectivity index (χ4v) is 4.08. The molecule has 1 aromatic heterocycles. The lowest BCUT2D eigenvalue weighted by Crippen LogP contribution is -2.37. The van der Waals surface area contributed by atoms with Crippen LogP contribution in [0.15, 0.2) is 11.5 Å². The van der Waals surface area contributed by atoms with Crippen molar-refractivity contribution in [3.05, 3.63) is 6.33 Å². The van der Waals surface area contributed by atoms with Crippen LogP contribution in [0.25, 0.3) is 0 Å². The van der Waals surface area contributed by atoms with Crippen molar-refractivity contribution >= 4 is 23.6 Å². The Labute approximate surface area is 140 Å². The maximum atomic E-state index is 12.2. The van der Waals surface area contributed by atoms with Crippen LogP contribution in [0.5, 0.6) is 0 Å². The third-order valence-electron chi connectivity index (χ3n) is 4.60. The highest BCUT2D eigenvalue weighted by atomic mass is 32.2. The third kappa shape index (κ3) is 3.85. The number of hydrogen-bond acceptors (Lipinski definition) is 5. The molecule has 1 aliphatic carbocycles. The molecule has 0 spiro atoms. The van der Waals surface area contributed by atoms with Crippen molar-refractivity contribution in [2.75, 3.05) is 18.8 Å². The van der Waals surface area contributed by atoms with Crippen molar-refractivity contribution in [1.29, 1.82) is 0 Å². The minimum atomic E-state index is -0.192. The number of hydrogen-bond donors (Lipinski definition) is 1. The quantitative estimate of drug-likeness (QED) is 0.614. The van der Waals surface area contributed by atoms with E-state index in [4.69, 9.17) is 0 Å². The molecule has 23 heavy (non-hydrogen) atoms. The van der Waals surface area contributed by atoms with Crippen LogP contribution in [0, 0.1) is 5.92 Å². The molecule has 7 nitrogen and oxygen atoms in total.